The van der Waals surface area contributed by atoms with Gasteiger partial charge in [-0.05, 0) is 11.5 Å². The molecule has 5 heteroatoms. The van der Waals surface area contributed by atoms with Crippen molar-refractivity contribution in [1.82, 2.24) is 4.90 Å². The highest BCUT2D eigenvalue weighted by Crippen LogP contribution is 2.27. The van der Waals surface area contributed by atoms with Gasteiger partial charge in [0.1, 0.15) is 0 Å². The SMILES string of the molecule is CC(C)[C@H](C(=O)N1CCO[C@H](CC(=O)O)C1)c1ccccc1. The fourth-order valence-corrected chi connectivity index (χ4v) is 2.91. The first-order valence-electron chi connectivity index (χ1n) is 7.66. The van der Waals surface area contributed by atoms with E-state index in [1.807, 2.05) is 44.2 Å². The molecule has 0 unspecified atom stereocenters. The number of aliphatic carboxylic acids is 1. The molecule has 22 heavy (non-hydrogen) atoms. The van der Waals surface area contributed by atoms with Crippen LogP contribution in [0, 0.1) is 5.92 Å². The highest BCUT2D eigenvalue weighted by molar-refractivity contribution is 5.84. The molecule has 0 aromatic heterocycles. The van der Waals surface area contributed by atoms with Gasteiger partial charge in [-0.15, -0.1) is 0 Å². The summed E-state index contributed by atoms with van der Waals surface area (Å²) in [5.74, 6) is -0.872. The van der Waals surface area contributed by atoms with E-state index in [1.165, 1.54) is 0 Å². The first-order valence-corrected chi connectivity index (χ1v) is 7.66. The van der Waals surface area contributed by atoms with Gasteiger partial charge in [0.15, 0.2) is 0 Å². The third-order valence-electron chi connectivity index (χ3n) is 3.94. The van der Waals surface area contributed by atoms with E-state index < -0.39 is 12.1 Å². The van der Waals surface area contributed by atoms with Gasteiger partial charge < -0.3 is 14.7 Å². The van der Waals surface area contributed by atoms with Gasteiger partial charge in [-0.1, -0.05) is 44.2 Å². The van der Waals surface area contributed by atoms with Crippen LogP contribution < -0.4 is 0 Å². The predicted molar refractivity (Wildman–Crippen MR) is 82.6 cm³/mol. The van der Waals surface area contributed by atoms with Crippen molar-refractivity contribution in [2.45, 2.75) is 32.3 Å². The van der Waals surface area contributed by atoms with E-state index in [2.05, 4.69) is 0 Å². The van der Waals surface area contributed by atoms with E-state index in [0.29, 0.717) is 19.7 Å². The van der Waals surface area contributed by atoms with Crippen molar-refractivity contribution in [1.29, 1.82) is 0 Å². The molecule has 0 aliphatic carbocycles. The first kappa shape index (κ1) is 16.5. The second-order valence-electron chi connectivity index (χ2n) is 6.01. The fourth-order valence-electron chi connectivity index (χ4n) is 2.91. The Hall–Kier alpha value is -1.88. The molecule has 0 radical (unpaired) electrons. The van der Waals surface area contributed by atoms with Gasteiger partial charge in [-0.25, -0.2) is 0 Å². The minimum atomic E-state index is -0.900. The second-order valence-corrected chi connectivity index (χ2v) is 6.01. The summed E-state index contributed by atoms with van der Waals surface area (Å²) < 4.78 is 5.44. The molecule has 1 aromatic rings. The quantitative estimate of drug-likeness (QED) is 0.905. The molecular formula is C17H23NO4. The van der Waals surface area contributed by atoms with Crippen LogP contribution in [-0.2, 0) is 14.3 Å². The van der Waals surface area contributed by atoms with Gasteiger partial charge >= 0.3 is 5.97 Å². The van der Waals surface area contributed by atoms with Crippen LogP contribution in [0.4, 0.5) is 0 Å². The van der Waals surface area contributed by atoms with Crippen LogP contribution in [-0.4, -0.2) is 47.7 Å². The third-order valence-corrected chi connectivity index (χ3v) is 3.94. The maximum Gasteiger partial charge on any atom is 0.306 e. The van der Waals surface area contributed by atoms with Gasteiger partial charge in [0.2, 0.25) is 5.91 Å². The number of carboxylic acids is 1. The Morgan fingerprint density at radius 1 is 1.32 bits per heavy atom. The molecule has 2 rings (SSSR count). The fraction of sp³-hybridized carbons (Fsp3) is 0.529. The molecule has 120 valence electrons. The molecule has 0 spiro atoms. The number of carboxylic acid groups (broad SMARTS) is 1. The van der Waals surface area contributed by atoms with Crippen LogP contribution >= 0.6 is 0 Å². The second kappa shape index (κ2) is 7.40. The Kier molecular flexibility index (Phi) is 5.55. The molecule has 1 N–H and O–H groups in total. The Morgan fingerprint density at radius 3 is 2.59 bits per heavy atom. The molecule has 2 atom stereocenters. The van der Waals surface area contributed by atoms with E-state index >= 15 is 0 Å². The Bertz CT molecular complexity index is 515. The van der Waals surface area contributed by atoms with Crippen LogP contribution in [0.3, 0.4) is 0 Å². The van der Waals surface area contributed by atoms with Crippen molar-refractivity contribution in [3.63, 3.8) is 0 Å². The zero-order valence-electron chi connectivity index (χ0n) is 13.1. The zero-order valence-corrected chi connectivity index (χ0v) is 13.1. The van der Waals surface area contributed by atoms with Crippen LogP contribution in [0.5, 0.6) is 0 Å². The minimum absolute atomic E-state index is 0.0555. The summed E-state index contributed by atoms with van der Waals surface area (Å²) in [6, 6.07) is 9.74. The van der Waals surface area contributed by atoms with Crippen LogP contribution in [0.2, 0.25) is 0 Å². The number of benzene rings is 1. The zero-order chi connectivity index (χ0) is 16.1. The Balaban J connectivity index is 2.12. The summed E-state index contributed by atoms with van der Waals surface area (Å²) in [6.45, 7) is 5.32. The minimum Gasteiger partial charge on any atom is -0.481 e. The smallest absolute Gasteiger partial charge is 0.306 e. The molecule has 0 bridgehead atoms. The number of ether oxygens (including phenoxy) is 1. The normalized spacial score (nSPS) is 20.0. The molecule has 1 heterocycles. The number of nitrogens with zero attached hydrogens (tertiary/aromatic N) is 1. The Morgan fingerprint density at radius 2 is 2.00 bits per heavy atom. The molecule has 1 fully saturated rings. The Labute approximate surface area is 130 Å². The molecule has 1 saturated heterocycles. The molecule has 1 amide bonds. The summed E-state index contributed by atoms with van der Waals surface area (Å²) in [4.78, 5) is 25.5. The van der Waals surface area contributed by atoms with Gasteiger partial charge in [0.25, 0.3) is 0 Å². The van der Waals surface area contributed by atoms with Crippen LogP contribution in [0.1, 0.15) is 31.7 Å². The maximum atomic E-state index is 12.9. The summed E-state index contributed by atoms with van der Waals surface area (Å²) in [6.07, 6.45) is -0.486. The number of hydrogen-bond donors (Lipinski definition) is 1. The summed E-state index contributed by atoms with van der Waals surface area (Å²) in [5, 5.41) is 8.88. The summed E-state index contributed by atoms with van der Waals surface area (Å²) in [5.41, 5.74) is 1.00. The van der Waals surface area contributed by atoms with E-state index in [9.17, 15) is 9.59 Å². The number of carbonyl (C=O) groups is 2. The lowest BCUT2D eigenvalue weighted by molar-refractivity contribution is -0.149. The van der Waals surface area contributed by atoms with Crippen molar-refractivity contribution in [2.75, 3.05) is 19.7 Å². The summed E-state index contributed by atoms with van der Waals surface area (Å²) in [7, 11) is 0. The van der Waals surface area contributed by atoms with Crippen molar-refractivity contribution in [3.05, 3.63) is 35.9 Å². The van der Waals surface area contributed by atoms with Gasteiger partial charge in [0, 0.05) is 13.1 Å². The lowest BCUT2D eigenvalue weighted by atomic mass is 9.87. The largest absolute Gasteiger partial charge is 0.481 e. The van der Waals surface area contributed by atoms with Crippen LogP contribution in [0.15, 0.2) is 30.3 Å². The maximum absolute atomic E-state index is 12.9. The standard InChI is InChI=1S/C17H23NO4/c1-12(2)16(13-6-4-3-5-7-13)17(21)18-8-9-22-14(11-18)10-15(19)20/h3-7,12,14,16H,8-11H2,1-2H3,(H,19,20)/t14-,16+/m1/s1. The molecule has 1 aromatic carbocycles. The lowest BCUT2D eigenvalue weighted by Gasteiger charge is -2.35. The highest BCUT2D eigenvalue weighted by Gasteiger charge is 2.32. The van der Waals surface area contributed by atoms with Gasteiger partial charge in [-0.3, -0.25) is 9.59 Å². The van der Waals surface area contributed by atoms with Crippen molar-refractivity contribution in [3.8, 4) is 0 Å². The number of morpholine rings is 1. The van der Waals surface area contributed by atoms with Gasteiger partial charge in [-0.2, -0.15) is 0 Å². The van der Waals surface area contributed by atoms with Crippen LogP contribution in [0.25, 0.3) is 0 Å². The predicted octanol–water partition coefficient (Wildman–Crippen LogP) is 2.13. The molecular weight excluding hydrogens is 282 g/mol. The van der Waals surface area contributed by atoms with E-state index in [1.54, 1.807) is 4.90 Å². The highest BCUT2D eigenvalue weighted by atomic mass is 16.5. The molecule has 5 nitrogen and oxygen atoms in total. The number of hydrogen-bond acceptors (Lipinski definition) is 3. The molecule has 1 aliphatic heterocycles. The number of rotatable bonds is 5. The number of amides is 1. The van der Waals surface area contributed by atoms with Crippen molar-refractivity contribution in [2.24, 2.45) is 5.92 Å². The molecule has 0 saturated carbocycles. The average Bonchev–Trinajstić information content (AvgIpc) is 2.47. The first-order chi connectivity index (χ1) is 10.5. The average molecular weight is 305 g/mol. The summed E-state index contributed by atoms with van der Waals surface area (Å²) >= 11 is 0. The van der Waals surface area contributed by atoms with Gasteiger partial charge in [0.05, 0.1) is 25.0 Å². The van der Waals surface area contributed by atoms with E-state index in [4.69, 9.17) is 9.84 Å². The van der Waals surface area contributed by atoms with E-state index in [-0.39, 0.29) is 24.2 Å². The third kappa shape index (κ3) is 4.07. The lowest BCUT2D eigenvalue weighted by Crippen LogP contribution is -2.48. The van der Waals surface area contributed by atoms with Crippen molar-refractivity contribution >= 4 is 11.9 Å². The molecule has 1 aliphatic rings. The monoisotopic (exact) mass is 305 g/mol. The van der Waals surface area contributed by atoms with E-state index in [0.717, 1.165) is 5.56 Å². The number of carbonyl (C=O) groups excluding carboxylic acids is 1. The van der Waals surface area contributed by atoms with Crippen molar-refractivity contribution < 1.29 is 19.4 Å². The topological polar surface area (TPSA) is 66.8 Å².